The molecule has 1 atom stereocenters. The number of carbonyl (C=O) groups is 2. The molecule has 196 valence electrons. The Kier molecular flexibility index (Phi) is 5.10. The smallest absolute Gasteiger partial charge is 0.256 e. The molecule has 3 aliphatic carbocycles. The van der Waals surface area contributed by atoms with E-state index in [9.17, 15) is 9.59 Å². The van der Waals surface area contributed by atoms with Crippen LogP contribution in [0.5, 0.6) is 11.5 Å². The molecule has 0 radical (unpaired) electrons. The van der Waals surface area contributed by atoms with E-state index in [0.29, 0.717) is 40.6 Å². The van der Waals surface area contributed by atoms with Gasteiger partial charge in [-0.25, -0.2) is 4.52 Å². The Bertz CT molecular complexity index is 1600. The maximum atomic E-state index is 13.3. The third-order valence-corrected chi connectivity index (χ3v) is 8.59. The number of ether oxygens (including phenoxy) is 2. The van der Waals surface area contributed by atoms with Crippen LogP contribution in [0.15, 0.2) is 41.1 Å². The first-order valence-corrected chi connectivity index (χ1v) is 13.2. The summed E-state index contributed by atoms with van der Waals surface area (Å²) in [5.41, 5.74) is 3.33. The van der Waals surface area contributed by atoms with Crippen LogP contribution in [0.4, 0.5) is 0 Å². The molecule has 1 aliphatic heterocycles. The Hall–Kier alpha value is -3.85. The summed E-state index contributed by atoms with van der Waals surface area (Å²) in [4.78, 5) is 28.2. The number of furan rings is 1. The zero-order chi connectivity index (χ0) is 26.2. The largest absolute Gasteiger partial charge is 0.460 e. The van der Waals surface area contributed by atoms with Gasteiger partial charge in [0.25, 0.3) is 11.8 Å². The molecule has 4 fully saturated rings. The lowest BCUT2D eigenvalue weighted by atomic mass is 9.50. The molecule has 4 aromatic rings. The van der Waals surface area contributed by atoms with E-state index in [2.05, 4.69) is 10.4 Å². The van der Waals surface area contributed by atoms with Crippen molar-refractivity contribution in [2.75, 3.05) is 20.3 Å². The molecule has 4 aliphatic rings. The molecule has 1 saturated heterocycles. The number of benzene rings is 1. The summed E-state index contributed by atoms with van der Waals surface area (Å²) < 4.78 is 19.2. The van der Waals surface area contributed by atoms with Crippen LogP contribution in [0.3, 0.4) is 0 Å². The number of likely N-dealkylation sites (tertiary alicyclic amines) is 1. The van der Waals surface area contributed by atoms with Gasteiger partial charge >= 0.3 is 0 Å². The Balaban J connectivity index is 1.17. The van der Waals surface area contributed by atoms with Gasteiger partial charge in [0, 0.05) is 42.9 Å². The lowest BCUT2D eigenvalue weighted by Gasteiger charge is -2.61. The number of fused-ring (bicyclic) bond motifs is 2. The second kappa shape index (κ2) is 8.33. The fourth-order valence-corrected chi connectivity index (χ4v) is 6.36. The fraction of sp³-hybridized carbons (Fsp3) is 0.414. The Morgan fingerprint density at radius 3 is 2.71 bits per heavy atom. The van der Waals surface area contributed by atoms with Gasteiger partial charge in [-0.05, 0) is 63.1 Å². The van der Waals surface area contributed by atoms with Crippen molar-refractivity contribution < 1.29 is 23.5 Å². The Morgan fingerprint density at radius 2 is 2.03 bits per heavy atom. The lowest BCUT2D eigenvalue weighted by molar-refractivity contribution is -0.0438. The molecule has 0 spiro atoms. The first-order valence-electron chi connectivity index (χ1n) is 13.2. The van der Waals surface area contributed by atoms with Crippen LogP contribution in [0.25, 0.3) is 16.5 Å². The monoisotopic (exact) mass is 514 g/mol. The fourth-order valence-electron chi connectivity index (χ4n) is 6.36. The van der Waals surface area contributed by atoms with Crippen molar-refractivity contribution in [1.82, 2.24) is 19.8 Å². The predicted molar refractivity (Wildman–Crippen MR) is 140 cm³/mol. The van der Waals surface area contributed by atoms with Crippen LogP contribution in [0.1, 0.15) is 57.7 Å². The second-order valence-corrected chi connectivity index (χ2v) is 11.1. The van der Waals surface area contributed by atoms with Crippen LogP contribution in [-0.2, 0) is 4.74 Å². The third-order valence-electron chi connectivity index (χ3n) is 8.59. The predicted octanol–water partition coefficient (Wildman–Crippen LogP) is 4.63. The van der Waals surface area contributed by atoms with Gasteiger partial charge in [0.2, 0.25) is 0 Å². The molecule has 2 amide bonds. The van der Waals surface area contributed by atoms with Crippen LogP contribution >= 0.6 is 0 Å². The van der Waals surface area contributed by atoms with E-state index in [0.717, 1.165) is 54.6 Å². The van der Waals surface area contributed by atoms with E-state index < -0.39 is 0 Å². The van der Waals surface area contributed by atoms with Crippen LogP contribution in [0, 0.1) is 19.8 Å². The molecule has 2 bridgehead atoms. The average molecular weight is 515 g/mol. The summed E-state index contributed by atoms with van der Waals surface area (Å²) in [6.07, 6.45) is 7.62. The molecule has 1 aromatic carbocycles. The molecule has 9 heteroatoms. The average Bonchev–Trinajstić information content (AvgIpc) is 3.34. The number of aryl methyl sites for hydroxylation is 2. The first kappa shape index (κ1) is 23.3. The van der Waals surface area contributed by atoms with E-state index in [4.69, 9.17) is 13.9 Å². The van der Waals surface area contributed by atoms with Crippen molar-refractivity contribution in [1.29, 1.82) is 0 Å². The third kappa shape index (κ3) is 3.45. The minimum Gasteiger partial charge on any atom is -0.460 e. The minimum absolute atomic E-state index is 0.00317. The van der Waals surface area contributed by atoms with E-state index in [1.807, 2.05) is 30.9 Å². The van der Waals surface area contributed by atoms with Gasteiger partial charge in [0.05, 0.1) is 30.0 Å². The standard InChI is InChI=1S/C29H30N4O5/c1-16-22(28(35)32-9-7-19(32)15-36-3)14-33-26(16)23(6-8-30-33)38-20-4-5-21-24(10-20)37-17(2)25(21)27(34)31-29-11-18(12-29)13-29/h4-6,8,10,14,18-19H,7,9,11-13,15H2,1-3H3,(H,31,34)/t18?,19-,29?/m0/s1. The normalized spacial score (nSPS) is 23.6. The molecule has 8 rings (SSSR count). The van der Waals surface area contributed by atoms with E-state index in [1.165, 1.54) is 0 Å². The lowest BCUT2D eigenvalue weighted by Crippen LogP contribution is -2.68. The summed E-state index contributed by atoms with van der Waals surface area (Å²) in [7, 11) is 1.65. The van der Waals surface area contributed by atoms with Crippen molar-refractivity contribution in [3.63, 3.8) is 0 Å². The van der Waals surface area contributed by atoms with Crippen molar-refractivity contribution >= 4 is 28.3 Å². The van der Waals surface area contributed by atoms with Crippen molar-refractivity contribution in [3.8, 4) is 11.5 Å². The molecule has 1 N–H and O–H groups in total. The summed E-state index contributed by atoms with van der Waals surface area (Å²) in [6.45, 7) is 4.99. The quantitative estimate of drug-likeness (QED) is 0.386. The number of carbonyl (C=O) groups excluding carboxylic acids is 2. The summed E-state index contributed by atoms with van der Waals surface area (Å²) in [6, 6.07) is 7.40. The first-order chi connectivity index (χ1) is 18.4. The van der Waals surface area contributed by atoms with Gasteiger partial charge in [-0.3, -0.25) is 9.59 Å². The molecule has 3 aromatic heterocycles. The maximum Gasteiger partial charge on any atom is 0.256 e. The molecular weight excluding hydrogens is 484 g/mol. The molecular formula is C29H30N4O5. The zero-order valence-electron chi connectivity index (χ0n) is 21.7. The topological polar surface area (TPSA) is 98.3 Å². The van der Waals surface area contributed by atoms with Gasteiger partial charge in [-0.1, -0.05) is 0 Å². The molecule has 9 nitrogen and oxygen atoms in total. The van der Waals surface area contributed by atoms with Crippen LogP contribution in [-0.4, -0.2) is 58.2 Å². The SMILES string of the molecule is COC[C@@H]1CCN1C(=O)c1cn2nccc(Oc3ccc4c(C(=O)NC56CC(C5)C6)c(C)oc4c3)c2c1C. The number of aromatic nitrogens is 2. The highest BCUT2D eigenvalue weighted by atomic mass is 16.5. The molecule has 4 heterocycles. The van der Waals surface area contributed by atoms with Crippen molar-refractivity contribution in [3.05, 3.63) is 59.1 Å². The number of hydrogen-bond donors (Lipinski definition) is 1. The number of methoxy groups -OCH3 is 1. The van der Waals surface area contributed by atoms with Gasteiger partial charge in [0.1, 0.15) is 22.6 Å². The van der Waals surface area contributed by atoms with Gasteiger partial charge in [-0.15, -0.1) is 0 Å². The minimum atomic E-state index is -0.0696. The molecule has 3 saturated carbocycles. The van der Waals surface area contributed by atoms with Crippen molar-refractivity contribution in [2.24, 2.45) is 5.92 Å². The van der Waals surface area contributed by atoms with E-state index >= 15 is 0 Å². The highest BCUT2D eigenvalue weighted by Crippen LogP contribution is 2.57. The highest BCUT2D eigenvalue weighted by molar-refractivity contribution is 6.08. The van der Waals surface area contributed by atoms with Gasteiger partial charge < -0.3 is 24.1 Å². The number of hydrogen-bond acceptors (Lipinski definition) is 6. The van der Waals surface area contributed by atoms with E-state index in [-0.39, 0.29) is 23.4 Å². The van der Waals surface area contributed by atoms with Gasteiger partial charge in [-0.2, -0.15) is 5.10 Å². The number of nitrogens with zero attached hydrogens (tertiary/aromatic N) is 3. The van der Waals surface area contributed by atoms with Crippen LogP contribution in [0.2, 0.25) is 0 Å². The summed E-state index contributed by atoms with van der Waals surface area (Å²) in [5, 5.41) is 8.42. The van der Waals surface area contributed by atoms with E-state index in [1.54, 1.807) is 36.2 Å². The van der Waals surface area contributed by atoms with Crippen molar-refractivity contribution in [2.45, 2.75) is 51.1 Å². The molecule has 0 unspecified atom stereocenters. The number of amides is 2. The maximum absolute atomic E-state index is 13.3. The second-order valence-electron chi connectivity index (χ2n) is 11.1. The summed E-state index contributed by atoms with van der Waals surface area (Å²) in [5.74, 6) is 2.44. The summed E-state index contributed by atoms with van der Waals surface area (Å²) >= 11 is 0. The van der Waals surface area contributed by atoms with Gasteiger partial charge in [0.15, 0.2) is 5.75 Å². The Labute approximate surface area is 219 Å². The van der Waals surface area contributed by atoms with Crippen LogP contribution < -0.4 is 10.1 Å². The number of nitrogens with one attached hydrogen (secondary N) is 1. The molecule has 38 heavy (non-hydrogen) atoms. The number of rotatable bonds is 7. The Morgan fingerprint density at radius 1 is 1.21 bits per heavy atom. The zero-order valence-corrected chi connectivity index (χ0v) is 21.7. The highest BCUT2D eigenvalue weighted by Gasteiger charge is 2.57.